The quantitative estimate of drug-likeness (QED) is 0.416. The van der Waals surface area contributed by atoms with Crippen molar-refractivity contribution in [1.82, 2.24) is 0 Å². The molecule has 50 valence electrons. The minimum absolute atomic E-state index is 0.353. The second-order valence-electron chi connectivity index (χ2n) is 1.19. The molecular weight excluding hydrogens is 148 g/mol. The maximum Gasteiger partial charge on any atom is 0.331 e. The Morgan fingerprint density at radius 3 is 2.38 bits per heavy atom. The summed E-state index contributed by atoms with van der Waals surface area (Å²) in [7, 11) is -5.49. The van der Waals surface area contributed by atoms with Crippen molar-refractivity contribution < 1.29 is 17.4 Å². The van der Waals surface area contributed by atoms with Gasteiger partial charge in [0, 0.05) is 6.61 Å². The predicted octanol–water partition coefficient (Wildman–Crippen LogP) is -1.09. The van der Waals surface area contributed by atoms with Crippen LogP contribution in [-0.2, 0) is 14.0 Å². The molecule has 0 heterocycles. The molecule has 0 radical (unpaired) electrons. The Hall–Kier alpha value is 0.0869. The molecule has 0 aliphatic heterocycles. The average Bonchev–Trinajstić information content (AvgIpc) is 1.59. The largest absolute Gasteiger partial charge is 0.406 e. The lowest BCUT2D eigenvalue weighted by molar-refractivity contribution is 0.364. The molecule has 0 aromatic carbocycles. The van der Waals surface area contributed by atoms with Crippen LogP contribution in [0.1, 0.15) is 6.92 Å². The van der Waals surface area contributed by atoms with Gasteiger partial charge in [-0.3, -0.25) is 4.55 Å². The van der Waals surface area contributed by atoms with E-state index in [-0.39, 0.29) is 0 Å². The van der Waals surface area contributed by atoms with Crippen LogP contribution in [0.15, 0.2) is 0 Å². The van der Waals surface area contributed by atoms with Gasteiger partial charge in [0.15, 0.2) is 0 Å². The average molecular weight is 156 g/mol. The monoisotopic (exact) mass is 156 g/mol. The Morgan fingerprint density at radius 1 is 1.75 bits per heavy atom. The molecule has 0 aliphatic rings. The van der Waals surface area contributed by atoms with Gasteiger partial charge in [-0.15, -0.1) is 0 Å². The fourth-order valence-electron chi connectivity index (χ4n) is 0.189. The summed E-state index contributed by atoms with van der Waals surface area (Å²) in [6.07, 6.45) is 0. The van der Waals surface area contributed by atoms with Crippen molar-refractivity contribution >= 4 is 18.5 Å². The van der Waals surface area contributed by atoms with Gasteiger partial charge in [-0.2, -0.15) is 0 Å². The van der Waals surface area contributed by atoms with Crippen molar-refractivity contribution in [3.63, 3.8) is 0 Å². The third kappa shape index (κ3) is 6.09. The molecule has 0 spiro atoms. The Kier molecular flexibility index (Phi) is 3.21. The standard InChI is InChI=1S/C2H8O4SSi/c1-2-6-8-7(3,4)5/h2,8H2,1H3,(H,3,4,5). The van der Waals surface area contributed by atoms with E-state index in [0.717, 1.165) is 0 Å². The minimum Gasteiger partial charge on any atom is -0.406 e. The first-order valence-corrected chi connectivity index (χ1v) is 6.01. The molecule has 4 nitrogen and oxygen atoms in total. The fraction of sp³-hybridized carbons (Fsp3) is 1.00. The summed E-state index contributed by atoms with van der Waals surface area (Å²) >= 11 is 0. The maximum atomic E-state index is 9.88. The van der Waals surface area contributed by atoms with Crippen molar-refractivity contribution in [2.45, 2.75) is 6.92 Å². The van der Waals surface area contributed by atoms with Gasteiger partial charge in [0.25, 0.3) is 9.57 Å². The third-order valence-corrected chi connectivity index (χ3v) is 2.70. The zero-order chi connectivity index (χ0) is 6.62. The summed E-state index contributed by atoms with van der Waals surface area (Å²) < 4.78 is 32.3. The van der Waals surface area contributed by atoms with E-state index in [4.69, 9.17) is 4.55 Å². The van der Waals surface area contributed by atoms with E-state index in [0.29, 0.717) is 6.61 Å². The number of rotatable bonds is 3. The highest BCUT2D eigenvalue weighted by atomic mass is 32.4. The molecule has 0 amide bonds. The molecule has 8 heavy (non-hydrogen) atoms. The van der Waals surface area contributed by atoms with E-state index in [1.807, 2.05) is 0 Å². The summed E-state index contributed by atoms with van der Waals surface area (Å²) in [6.45, 7) is 2.03. The lowest BCUT2D eigenvalue weighted by Gasteiger charge is -1.92. The third-order valence-electron chi connectivity index (χ3n) is 0.436. The van der Waals surface area contributed by atoms with E-state index in [1.54, 1.807) is 6.92 Å². The van der Waals surface area contributed by atoms with Gasteiger partial charge in [-0.25, -0.2) is 8.42 Å². The van der Waals surface area contributed by atoms with E-state index in [9.17, 15) is 8.42 Å². The highest BCUT2D eigenvalue weighted by Gasteiger charge is 2.02. The van der Waals surface area contributed by atoms with Crippen molar-refractivity contribution in [1.29, 1.82) is 0 Å². The van der Waals surface area contributed by atoms with Crippen LogP contribution in [0.25, 0.3) is 0 Å². The summed E-state index contributed by atoms with van der Waals surface area (Å²) in [5.74, 6) is 0. The van der Waals surface area contributed by atoms with Crippen molar-refractivity contribution in [2.75, 3.05) is 6.61 Å². The van der Waals surface area contributed by atoms with Gasteiger partial charge in [0.1, 0.15) is 0 Å². The number of hydrogen-bond donors (Lipinski definition) is 1. The molecule has 0 aromatic heterocycles. The van der Waals surface area contributed by atoms with Crippen LogP contribution in [0, 0.1) is 0 Å². The first-order chi connectivity index (χ1) is 3.56. The topological polar surface area (TPSA) is 63.6 Å². The molecule has 0 atom stereocenters. The van der Waals surface area contributed by atoms with Crippen LogP contribution in [0.2, 0.25) is 0 Å². The highest BCUT2D eigenvalue weighted by molar-refractivity contribution is 8.10. The fourth-order valence-corrected chi connectivity index (χ4v) is 1.70. The first kappa shape index (κ1) is 8.09. The number of hydrogen-bond acceptors (Lipinski definition) is 3. The van der Waals surface area contributed by atoms with Crippen molar-refractivity contribution in [2.24, 2.45) is 0 Å². The van der Waals surface area contributed by atoms with Crippen LogP contribution in [-0.4, -0.2) is 28.5 Å². The molecule has 0 unspecified atom stereocenters. The summed E-state index contributed by atoms with van der Waals surface area (Å²) in [5, 5.41) is 0. The summed E-state index contributed by atoms with van der Waals surface area (Å²) in [6, 6.07) is 0. The smallest absolute Gasteiger partial charge is 0.331 e. The van der Waals surface area contributed by atoms with Gasteiger partial charge in [0.05, 0.1) is 0 Å². The lowest BCUT2D eigenvalue weighted by atomic mass is 10.9. The molecular formula is C2H8O4SSi. The molecule has 0 rings (SSSR count). The Balaban J connectivity index is 3.42. The SMILES string of the molecule is CCO[SiH2]S(=O)(=O)O. The van der Waals surface area contributed by atoms with Gasteiger partial charge in [0.2, 0.25) is 0 Å². The zero-order valence-electron chi connectivity index (χ0n) is 4.49. The molecule has 0 aliphatic carbocycles. The van der Waals surface area contributed by atoms with Gasteiger partial charge < -0.3 is 4.43 Å². The summed E-state index contributed by atoms with van der Waals surface area (Å²) in [5.41, 5.74) is 0. The Morgan fingerprint density at radius 2 is 2.25 bits per heavy atom. The second kappa shape index (κ2) is 3.18. The molecule has 0 fully saturated rings. The minimum atomic E-state index is -3.77. The van der Waals surface area contributed by atoms with E-state index < -0.39 is 18.5 Å². The molecule has 0 aromatic rings. The summed E-state index contributed by atoms with van der Waals surface area (Å²) in [4.78, 5) is 0. The van der Waals surface area contributed by atoms with Gasteiger partial charge in [-0.05, 0) is 6.92 Å². The molecule has 6 heteroatoms. The van der Waals surface area contributed by atoms with Crippen LogP contribution < -0.4 is 0 Å². The van der Waals surface area contributed by atoms with Gasteiger partial charge >= 0.3 is 8.91 Å². The van der Waals surface area contributed by atoms with E-state index in [1.165, 1.54) is 0 Å². The van der Waals surface area contributed by atoms with Crippen LogP contribution in [0.5, 0.6) is 0 Å². The molecule has 0 saturated heterocycles. The maximum absolute atomic E-state index is 9.88. The van der Waals surface area contributed by atoms with E-state index in [2.05, 4.69) is 4.43 Å². The molecule has 0 saturated carbocycles. The predicted molar refractivity (Wildman–Crippen MR) is 31.7 cm³/mol. The first-order valence-electron chi connectivity index (χ1n) is 2.09. The van der Waals surface area contributed by atoms with Crippen LogP contribution in [0.4, 0.5) is 0 Å². The Labute approximate surface area is 50.2 Å². The van der Waals surface area contributed by atoms with Crippen LogP contribution >= 0.6 is 0 Å². The normalized spacial score (nSPS) is 13.2. The van der Waals surface area contributed by atoms with Gasteiger partial charge in [-0.1, -0.05) is 0 Å². The van der Waals surface area contributed by atoms with Crippen molar-refractivity contribution in [3.05, 3.63) is 0 Å². The zero-order valence-corrected chi connectivity index (χ0v) is 6.73. The second-order valence-corrected chi connectivity index (χ2v) is 5.90. The molecule has 1 N–H and O–H groups in total. The molecule has 0 bridgehead atoms. The van der Waals surface area contributed by atoms with E-state index >= 15 is 0 Å². The lowest BCUT2D eigenvalue weighted by Crippen LogP contribution is -2.11. The highest BCUT2D eigenvalue weighted by Crippen LogP contribution is 1.77. The van der Waals surface area contributed by atoms with Crippen molar-refractivity contribution in [3.8, 4) is 0 Å². The Bertz CT molecular complexity index is 138. The van der Waals surface area contributed by atoms with Crippen LogP contribution in [0.3, 0.4) is 0 Å².